The number of benzene rings is 1. The molecule has 7 nitrogen and oxygen atoms in total. The Balaban J connectivity index is 1.69. The number of pyridine rings is 1. The summed E-state index contributed by atoms with van der Waals surface area (Å²) in [7, 11) is 0. The van der Waals surface area contributed by atoms with Crippen LogP contribution in [0.1, 0.15) is 12.0 Å². The van der Waals surface area contributed by atoms with Gasteiger partial charge in [0.2, 0.25) is 0 Å². The lowest BCUT2D eigenvalue weighted by Crippen LogP contribution is -2.35. The Morgan fingerprint density at radius 2 is 2.08 bits per heavy atom. The van der Waals surface area contributed by atoms with E-state index in [-0.39, 0.29) is 12.5 Å². The number of hydrogen-bond donors (Lipinski definition) is 1. The molecule has 0 saturated heterocycles. The summed E-state index contributed by atoms with van der Waals surface area (Å²) in [6.45, 7) is 0.658. The first-order chi connectivity index (χ1) is 12.8. The molecule has 130 valence electrons. The molecule has 0 fully saturated rings. The van der Waals surface area contributed by atoms with Crippen molar-refractivity contribution in [3.8, 4) is 17.4 Å². The number of anilines is 1. The molecule has 0 atom stereocenters. The van der Waals surface area contributed by atoms with Crippen LogP contribution in [0.5, 0.6) is 0 Å². The molecular weight excluding hydrogens is 330 g/mol. The maximum atomic E-state index is 12.6. The second kappa shape index (κ2) is 8.44. The highest BCUT2D eigenvalue weighted by atomic mass is 16.5. The summed E-state index contributed by atoms with van der Waals surface area (Å²) < 4.78 is 5.29. The highest BCUT2D eigenvalue weighted by molar-refractivity contribution is 5.88. The highest BCUT2D eigenvalue weighted by Crippen LogP contribution is 2.22. The minimum atomic E-state index is -0.350. The molecule has 0 spiro atoms. The van der Waals surface area contributed by atoms with Gasteiger partial charge in [-0.3, -0.25) is 10.3 Å². The number of aromatic nitrogens is 2. The Morgan fingerprint density at radius 1 is 1.23 bits per heavy atom. The molecule has 0 unspecified atom stereocenters. The number of nitrogens with one attached hydrogen (secondary N) is 1. The van der Waals surface area contributed by atoms with Crippen molar-refractivity contribution in [1.29, 1.82) is 5.26 Å². The molecule has 3 rings (SSSR count). The first-order valence-electron chi connectivity index (χ1n) is 8.10. The Labute approximate surface area is 150 Å². The number of nitrogens with zero attached hydrogens (tertiary/aromatic N) is 4. The Kier molecular flexibility index (Phi) is 5.58. The molecule has 1 aromatic carbocycles. The monoisotopic (exact) mass is 347 g/mol. The van der Waals surface area contributed by atoms with Gasteiger partial charge in [0, 0.05) is 37.1 Å². The lowest BCUT2D eigenvalue weighted by molar-refractivity contribution is 0.210. The fraction of sp³-hybridized carbons (Fsp3) is 0.158. The smallest absolute Gasteiger partial charge is 0.323 e. The van der Waals surface area contributed by atoms with E-state index in [0.29, 0.717) is 24.7 Å². The Morgan fingerprint density at radius 3 is 2.81 bits per heavy atom. The van der Waals surface area contributed by atoms with Crippen LogP contribution >= 0.6 is 0 Å². The van der Waals surface area contributed by atoms with Gasteiger partial charge in [0.15, 0.2) is 11.6 Å². The van der Waals surface area contributed by atoms with E-state index < -0.39 is 0 Å². The van der Waals surface area contributed by atoms with Gasteiger partial charge >= 0.3 is 6.03 Å². The van der Waals surface area contributed by atoms with Crippen molar-refractivity contribution in [2.75, 3.05) is 11.9 Å². The molecule has 2 amide bonds. The number of urea groups is 1. The van der Waals surface area contributed by atoms with Crippen molar-refractivity contribution in [2.24, 2.45) is 0 Å². The van der Waals surface area contributed by atoms with Gasteiger partial charge in [-0.1, -0.05) is 41.6 Å². The van der Waals surface area contributed by atoms with Crippen LogP contribution in [0.25, 0.3) is 11.3 Å². The summed E-state index contributed by atoms with van der Waals surface area (Å²) in [5, 5.41) is 15.4. The predicted molar refractivity (Wildman–Crippen MR) is 95.8 cm³/mol. The molecule has 0 aliphatic heterocycles. The average Bonchev–Trinajstić information content (AvgIpc) is 3.15. The fourth-order valence-electron chi connectivity index (χ4n) is 2.41. The molecule has 26 heavy (non-hydrogen) atoms. The molecule has 2 heterocycles. The number of rotatable bonds is 6. The van der Waals surface area contributed by atoms with Crippen molar-refractivity contribution in [3.05, 3.63) is 66.5 Å². The molecule has 0 radical (unpaired) electrons. The van der Waals surface area contributed by atoms with Gasteiger partial charge in [0.25, 0.3) is 0 Å². The number of nitriles is 1. The van der Waals surface area contributed by atoms with Crippen molar-refractivity contribution in [1.82, 2.24) is 15.0 Å². The minimum absolute atomic E-state index is 0.238. The van der Waals surface area contributed by atoms with E-state index in [2.05, 4.69) is 21.5 Å². The van der Waals surface area contributed by atoms with E-state index in [1.54, 1.807) is 24.5 Å². The standard InChI is InChI=1S/C19H17N5O2/c20-9-5-11-24(14-15-6-4-10-21-13-15)19(25)22-18-12-17(26-23-18)16-7-2-1-3-8-16/h1-4,6-8,10,12-13H,5,11,14H2,(H,22,23,25). The SMILES string of the molecule is N#CCCN(Cc1cccnc1)C(=O)Nc1cc(-c2ccccc2)on1. The Hall–Kier alpha value is -3.66. The van der Waals surface area contributed by atoms with E-state index in [1.165, 1.54) is 4.90 Å². The van der Waals surface area contributed by atoms with Gasteiger partial charge in [-0.2, -0.15) is 5.26 Å². The molecule has 0 saturated carbocycles. The fourth-order valence-corrected chi connectivity index (χ4v) is 2.41. The van der Waals surface area contributed by atoms with Gasteiger partial charge in [-0.25, -0.2) is 4.79 Å². The quantitative estimate of drug-likeness (QED) is 0.734. The summed E-state index contributed by atoms with van der Waals surface area (Å²) in [5.74, 6) is 0.888. The van der Waals surface area contributed by atoms with Gasteiger partial charge in [-0.05, 0) is 11.6 Å². The van der Waals surface area contributed by atoms with Crippen LogP contribution in [-0.4, -0.2) is 27.6 Å². The van der Waals surface area contributed by atoms with Gasteiger partial charge in [0.1, 0.15) is 0 Å². The maximum absolute atomic E-state index is 12.6. The third kappa shape index (κ3) is 4.45. The van der Waals surface area contributed by atoms with Crippen molar-refractivity contribution in [3.63, 3.8) is 0 Å². The number of carbonyl (C=O) groups excluding carboxylic acids is 1. The summed E-state index contributed by atoms with van der Waals surface area (Å²) in [6, 6.07) is 16.6. The van der Waals surface area contributed by atoms with Gasteiger partial charge < -0.3 is 9.42 Å². The van der Waals surface area contributed by atoms with Crippen LogP contribution < -0.4 is 5.32 Å². The molecule has 3 aromatic rings. The van der Waals surface area contributed by atoms with E-state index in [0.717, 1.165) is 11.1 Å². The number of carbonyl (C=O) groups is 1. The second-order valence-corrected chi connectivity index (χ2v) is 5.56. The van der Waals surface area contributed by atoms with E-state index >= 15 is 0 Å². The first kappa shape index (κ1) is 17.2. The van der Waals surface area contributed by atoms with E-state index in [4.69, 9.17) is 9.78 Å². The normalized spacial score (nSPS) is 10.1. The summed E-state index contributed by atoms with van der Waals surface area (Å²) in [4.78, 5) is 18.2. The van der Waals surface area contributed by atoms with Crippen LogP contribution in [-0.2, 0) is 6.54 Å². The molecule has 1 N–H and O–H groups in total. The van der Waals surface area contributed by atoms with Crippen molar-refractivity contribution in [2.45, 2.75) is 13.0 Å². The molecular formula is C19H17N5O2. The molecule has 0 aliphatic rings. The topological polar surface area (TPSA) is 95.0 Å². The van der Waals surface area contributed by atoms with Crippen LogP contribution in [0.2, 0.25) is 0 Å². The van der Waals surface area contributed by atoms with Crippen LogP contribution in [0.15, 0.2) is 65.4 Å². The lowest BCUT2D eigenvalue weighted by Gasteiger charge is -2.21. The van der Waals surface area contributed by atoms with E-state index in [1.807, 2.05) is 36.4 Å². The zero-order chi connectivity index (χ0) is 18.2. The third-order valence-electron chi connectivity index (χ3n) is 3.68. The lowest BCUT2D eigenvalue weighted by atomic mass is 10.2. The van der Waals surface area contributed by atoms with Gasteiger partial charge in [-0.15, -0.1) is 0 Å². The van der Waals surface area contributed by atoms with Crippen LogP contribution in [0.4, 0.5) is 10.6 Å². The van der Waals surface area contributed by atoms with Gasteiger partial charge in [0.05, 0.1) is 12.5 Å². The van der Waals surface area contributed by atoms with Crippen LogP contribution in [0, 0.1) is 11.3 Å². The van der Waals surface area contributed by atoms with Crippen molar-refractivity contribution >= 4 is 11.8 Å². The zero-order valence-electron chi connectivity index (χ0n) is 14.0. The minimum Gasteiger partial charge on any atom is -0.354 e. The first-order valence-corrected chi connectivity index (χ1v) is 8.10. The molecule has 0 aliphatic carbocycles. The molecule has 2 aromatic heterocycles. The van der Waals surface area contributed by atoms with E-state index in [9.17, 15) is 4.79 Å². The predicted octanol–water partition coefficient (Wildman–Crippen LogP) is 3.68. The summed E-state index contributed by atoms with van der Waals surface area (Å²) >= 11 is 0. The summed E-state index contributed by atoms with van der Waals surface area (Å²) in [5.41, 5.74) is 1.75. The Bertz CT molecular complexity index is 887. The molecule has 7 heteroatoms. The zero-order valence-corrected chi connectivity index (χ0v) is 14.0. The third-order valence-corrected chi connectivity index (χ3v) is 3.68. The van der Waals surface area contributed by atoms with Crippen molar-refractivity contribution < 1.29 is 9.32 Å². The number of amides is 2. The van der Waals surface area contributed by atoms with Crippen LogP contribution in [0.3, 0.4) is 0 Å². The highest BCUT2D eigenvalue weighted by Gasteiger charge is 2.16. The average molecular weight is 347 g/mol. The molecule has 0 bridgehead atoms. The number of hydrogen-bond acceptors (Lipinski definition) is 5. The second-order valence-electron chi connectivity index (χ2n) is 5.56. The maximum Gasteiger partial charge on any atom is 0.323 e. The largest absolute Gasteiger partial charge is 0.354 e. The summed E-state index contributed by atoms with van der Waals surface area (Å²) in [6.07, 6.45) is 3.60.